The number of nitrogens with one attached hydrogen (secondary N) is 1. The standard InChI is InChI=1S/C18H24F2N4O3/c1-17(2,3)27-16(26)24-8-6-23(7-9-24)12-4-5-14(21-11-12)22-15(25)13-10-18(13,19)20/h4-5,11,13H,6-10H2,1-3H3,(H,21,22,25). The quantitative estimate of drug-likeness (QED) is 0.870. The lowest BCUT2D eigenvalue weighted by Crippen LogP contribution is -2.50. The Kier molecular flexibility index (Phi) is 4.96. The summed E-state index contributed by atoms with van der Waals surface area (Å²) in [6.45, 7) is 7.81. The molecule has 0 bridgehead atoms. The van der Waals surface area contributed by atoms with Crippen molar-refractivity contribution in [1.82, 2.24) is 9.88 Å². The summed E-state index contributed by atoms with van der Waals surface area (Å²) in [5, 5.41) is 2.42. The first kappa shape index (κ1) is 19.3. The van der Waals surface area contributed by atoms with Crippen LogP contribution in [0.4, 0.5) is 25.1 Å². The van der Waals surface area contributed by atoms with Crippen LogP contribution < -0.4 is 10.2 Å². The van der Waals surface area contributed by atoms with Gasteiger partial charge in [-0.1, -0.05) is 0 Å². The predicted octanol–water partition coefficient (Wildman–Crippen LogP) is 2.73. The first-order valence-corrected chi connectivity index (χ1v) is 8.93. The molecule has 2 fully saturated rings. The van der Waals surface area contributed by atoms with Gasteiger partial charge in [-0.25, -0.2) is 18.6 Å². The lowest BCUT2D eigenvalue weighted by atomic mass is 10.2. The molecule has 1 aliphatic carbocycles. The van der Waals surface area contributed by atoms with Gasteiger partial charge in [0, 0.05) is 32.6 Å². The summed E-state index contributed by atoms with van der Waals surface area (Å²) in [5.41, 5.74) is 0.316. The van der Waals surface area contributed by atoms with Gasteiger partial charge in [-0.15, -0.1) is 0 Å². The maximum Gasteiger partial charge on any atom is 0.410 e. The largest absolute Gasteiger partial charge is 0.444 e. The van der Waals surface area contributed by atoms with E-state index in [2.05, 4.69) is 15.2 Å². The van der Waals surface area contributed by atoms with Crippen LogP contribution in [0.15, 0.2) is 18.3 Å². The van der Waals surface area contributed by atoms with E-state index in [1.807, 2.05) is 20.8 Å². The molecule has 1 atom stereocenters. The number of anilines is 2. The van der Waals surface area contributed by atoms with Gasteiger partial charge in [0.1, 0.15) is 17.3 Å². The Morgan fingerprint density at radius 1 is 1.22 bits per heavy atom. The molecular formula is C18H24F2N4O3. The van der Waals surface area contributed by atoms with Crippen LogP contribution in [0.1, 0.15) is 27.2 Å². The number of rotatable bonds is 3. The van der Waals surface area contributed by atoms with E-state index in [-0.39, 0.29) is 11.9 Å². The van der Waals surface area contributed by atoms with Gasteiger partial charge in [0.05, 0.1) is 11.9 Å². The molecule has 1 aromatic heterocycles. The van der Waals surface area contributed by atoms with Crippen LogP contribution in [0.5, 0.6) is 0 Å². The molecule has 0 spiro atoms. The Morgan fingerprint density at radius 3 is 2.33 bits per heavy atom. The second kappa shape index (κ2) is 6.94. The molecule has 2 amide bonds. The molecule has 3 rings (SSSR count). The second-order valence-electron chi connectivity index (χ2n) is 7.86. The van der Waals surface area contributed by atoms with Gasteiger partial charge in [0.15, 0.2) is 0 Å². The van der Waals surface area contributed by atoms with Gasteiger partial charge in [-0.3, -0.25) is 4.79 Å². The molecule has 148 valence electrons. The van der Waals surface area contributed by atoms with Gasteiger partial charge in [-0.05, 0) is 32.9 Å². The maximum atomic E-state index is 12.9. The summed E-state index contributed by atoms with van der Waals surface area (Å²) < 4.78 is 31.2. The third kappa shape index (κ3) is 4.84. The molecule has 7 nitrogen and oxygen atoms in total. The Balaban J connectivity index is 1.50. The minimum atomic E-state index is -2.89. The summed E-state index contributed by atoms with van der Waals surface area (Å²) >= 11 is 0. The Hall–Kier alpha value is -2.45. The van der Waals surface area contributed by atoms with Gasteiger partial charge in [0.2, 0.25) is 5.91 Å². The van der Waals surface area contributed by atoms with Crippen LogP contribution in [0.2, 0.25) is 0 Å². The summed E-state index contributed by atoms with van der Waals surface area (Å²) in [5.74, 6) is -4.59. The number of pyridine rings is 1. The number of hydrogen-bond acceptors (Lipinski definition) is 5. The number of hydrogen-bond donors (Lipinski definition) is 1. The Bertz CT molecular complexity index is 710. The van der Waals surface area contributed by atoms with E-state index in [4.69, 9.17) is 4.74 Å². The van der Waals surface area contributed by atoms with Crippen LogP contribution >= 0.6 is 0 Å². The molecule has 0 aromatic carbocycles. The van der Waals surface area contributed by atoms with Crippen molar-refractivity contribution < 1.29 is 23.1 Å². The van der Waals surface area contributed by atoms with Crippen LogP contribution in [0, 0.1) is 5.92 Å². The molecule has 2 aliphatic rings. The van der Waals surface area contributed by atoms with Crippen molar-refractivity contribution >= 4 is 23.5 Å². The van der Waals surface area contributed by atoms with Gasteiger partial charge in [0.25, 0.3) is 5.92 Å². The highest BCUT2D eigenvalue weighted by atomic mass is 19.3. The van der Waals surface area contributed by atoms with Crippen LogP contribution in [0.3, 0.4) is 0 Å². The van der Waals surface area contributed by atoms with E-state index in [1.54, 1.807) is 23.2 Å². The highest BCUT2D eigenvalue weighted by Crippen LogP contribution is 2.49. The number of carbonyl (C=O) groups excluding carboxylic acids is 2. The normalized spacial score (nSPS) is 21.6. The molecule has 1 aliphatic heterocycles. The molecule has 0 radical (unpaired) electrons. The van der Waals surface area contributed by atoms with Crippen molar-refractivity contribution in [3.8, 4) is 0 Å². The maximum absolute atomic E-state index is 12.9. The molecule has 27 heavy (non-hydrogen) atoms. The summed E-state index contributed by atoms with van der Waals surface area (Å²) in [7, 11) is 0. The van der Waals surface area contributed by atoms with Crippen molar-refractivity contribution in [2.45, 2.75) is 38.7 Å². The van der Waals surface area contributed by atoms with Gasteiger partial charge < -0.3 is 19.9 Å². The fourth-order valence-electron chi connectivity index (χ4n) is 2.83. The Labute approximate surface area is 156 Å². The molecule has 9 heteroatoms. The van der Waals surface area contributed by atoms with E-state index >= 15 is 0 Å². The van der Waals surface area contributed by atoms with E-state index in [9.17, 15) is 18.4 Å². The van der Waals surface area contributed by atoms with Gasteiger partial charge >= 0.3 is 6.09 Å². The lowest BCUT2D eigenvalue weighted by Gasteiger charge is -2.36. The average molecular weight is 382 g/mol. The molecule has 1 saturated carbocycles. The summed E-state index contributed by atoms with van der Waals surface area (Å²) in [4.78, 5) is 31.6. The number of nitrogens with zero attached hydrogens (tertiary/aromatic N) is 3. The molecule has 1 N–H and O–H groups in total. The fourth-order valence-corrected chi connectivity index (χ4v) is 2.83. The topological polar surface area (TPSA) is 74.8 Å². The van der Waals surface area contributed by atoms with Crippen LogP contribution in [-0.2, 0) is 9.53 Å². The number of aromatic nitrogens is 1. The summed E-state index contributed by atoms with van der Waals surface area (Å²) in [6, 6.07) is 3.37. The Morgan fingerprint density at radius 2 is 1.85 bits per heavy atom. The minimum absolute atomic E-state index is 0.249. The molecule has 1 unspecified atom stereocenters. The van der Waals surface area contributed by atoms with Crippen LogP contribution in [0.25, 0.3) is 0 Å². The molecular weight excluding hydrogens is 358 g/mol. The lowest BCUT2D eigenvalue weighted by molar-refractivity contribution is -0.119. The predicted molar refractivity (Wildman–Crippen MR) is 95.9 cm³/mol. The minimum Gasteiger partial charge on any atom is -0.444 e. The zero-order chi connectivity index (χ0) is 19.8. The number of amides is 2. The number of carbonyl (C=O) groups is 2. The smallest absolute Gasteiger partial charge is 0.410 e. The molecule has 2 heterocycles. The first-order chi connectivity index (χ1) is 12.5. The van der Waals surface area contributed by atoms with E-state index in [1.165, 1.54) is 0 Å². The number of alkyl halides is 2. The highest BCUT2D eigenvalue weighted by Gasteiger charge is 2.61. The molecule has 1 saturated heterocycles. The van der Waals surface area contributed by atoms with Crippen molar-refractivity contribution in [3.05, 3.63) is 18.3 Å². The van der Waals surface area contributed by atoms with Crippen molar-refractivity contribution in [1.29, 1.82) is 0 Å². The second-order valence-corrected chi connectivity index (χ2v) is 7.86. The zero-order valence-corrected chi connectivity index (χ0v) is 15.7. The van der Waals surface area contributed by atoms with Crippen molar-refractivity contribution in [2.24, 2.45) is 5.92 Å². The molecule has 1 aromatic rings. The first-order valence-electron chi connectivity index (χ1n) is 8.93. The van der Waals surface area contributed by atoms with Gasteiger partial charge in [-0.2, -0.15) is 0 Å². The van der Waals surface area contributed by atoms with E-state index in [0.29, 0.717) is 26.2 Å². The monoisotopic (exact) mass is 382 g/mol. The average Bonchev–Trinajstić information content (AvgIpc) is 3.23. The third-order valence-corrected chi connectivity index (χ3v) is 4.44. The van der Waals surface area contributed by atoms with Crippen molar-refractivity contribution in [2.75, 3.05) is 36.4 Å². The number of piperazine rings is 1. The highest BCUT2D eigenvalue weighted by molar-refractivity contribution is 5.94. The number of halogens is 2. The van der Waals surface area contributed by atoms with Crippen molar-refractivity contribution in [3.63, 3.8) is 0 Å². The SMILES string of the molecule is CC(C)(C)OC(=O)N1CCN(c2ccc(NC(=O)C3CC3(F)F)nc2)CC1. The van der Waals surface area contributed by atoms with E-state index < -0.39 is 29.8 Å². The summed E-state index contributed by atoms with van der Waals surface area (Å²) in [6.07, 6.45) is 0.859. The fraction of sp³-hybridized carbons (Fsp3) is 0.611. The number of ether oxygens (including phenoxy) is 1. The third-order valence-electron chi connectivity index (χ3n) is 4.44. The van der Waals surface area contributed by atoms with E-state index in [0.717, 1.165) is 5.69 Å². The zero-order valence-electron chi connectivity index (χ0n) is 15.7. The van der Waals surface area contributed by atoms with Crippen LogP contribution in [-0.4, -0.2) is 59.6 Å².